The second-order valence-electron chi connectivity index (χ2n) is 6.27. The van der Waals surface area contributed by atoms with E-state index in [0.29, 0.717) is 18.1 Å². The van der Waals surface area contributed by atoms with E-state index in [1.54, 1.807) is 48.5 Å². The van der Waals surface area contributed by atoms with Crippen LogP contribution in [-0.4, -0.2) is 18.5 Å². The van der Waals surface area contributed by atoms with Crippen molar-refractivity contribution in [2.45, 2.75) is 39.5 Å². The Morgan fingerprint density at radius 3 is 2.31 bits per heavy atom. The maximum absolute atomic E-state index is 12.5. The van der Waals surface area contributed by atoms with E-state index in [0.717, 1.165) is 25.7 Å². The van der Waals surface area contributed by atoms with E-state index in [2.05, 4.69) is 13.8 Å². The van der Waals surface area contributed by atoms with Gasteiger partial charge in [-0.05, 0) is 36.6 Å². The Morgan fingerprint density at radius 2 is 1.62 bits per heavy atom. The van der Waals surface area contributed by atoms with E-state index in [9.17, 15) is 9.59 Å². The number of hydrogen-bond donors (Lipinski definition) is 0. The molecule has 0 saturated heterocycles. The lowest BCUT2D eigenvalue weighted by Crippen LogP contribution is -2.16. The van der Waals surface area contributed by atoms with E-state index < -0.39 is 11.9 Å². The van der Waals surface area contributed by atoms with Crippen molar-refractivity contribution in [1.82, 2.24) is 0 Å². The first kappa shape index (κ1) is 19.7. The first-order valence-corrected chi connectivity index (χ1v) is 9.19. The fraction of sp³-hybridized carbons (Fsp3) is 0.364. The van der Waals surface area contributed by atoms with Crippen LogP contribution in [0, 0.1) is 5.92 Å². The quantitative estimate of drug-likeness (QED) is 0.454. The van der Waals surface area contributed by atoms with Gasteiger partial charge in [0.05, 0.1) is 12.2 Å². The lowest BCUT2D eigenvalue weighted by molar-refractivity contribution is 0.0423. The number of carbonyl (C=O) groups is 2. The number of esters is 2. The molecule has 0 fully saturated rings. The first-order chi connectivity index (χ1) is 12.7. The summed E-state index contributed by atoms with van der Waals surface area (Å²) in [6, 6.07) is 15.4. The van der Waals surface area contributed by atoms with Gasteiger partial charge in [-0.25, -0.2) is 9.59 Å². The van der Waals surface area contributed by atoms with Gasteiger partial charge in [0, 0.05) is 0 Å². The van der Waals surface area contributed by atoms with Gasteiger partial charge in [-0.2, -0.15) is 0 Å². The average molecular weight is 354 g/mol. The third-order valence-corrected chi connectivity index (χ3v) is 4.31. The molecule has 26 heavy (non-hydrogen) atoms. The molecule has 0 aliphatic carbocycles. The summed E-state index contributed by atoms with van der Waals surface area (Å²) in [6.07, 6.45) is 4.27. The summed E-state index contributed by atoms with van der Waals surface area (Å²) in [6.45, 7) is 4.64. The number of unbranched alkanes of at least 4 members (excludes halogenated alkanes) is 1. The molecule has 4 heteroatoms. The molecule has 0 saturated carbocycles. The molecular formula is C22H26O4. The number of rotatable bonds is 9. The highest BCUT2D eigenvalue weighted by molar-refractivity contribution is 5.96. The summed E-state index contributed by atoms with van der Waals surface area (Å²) in [5.41, 5.74) is 0.698. The second kappa shape index (κ2) is 10.4. The summed E-state index contributed by atoms with van der Waals surface area (Å²) in [7, 11) is 0. The molecule has 2 aromatic carbocycles. The largest absolute Gasteiger partial charge is 0.462 e. The predicted molar refractivity (Wildman–Crippen MR) is 101 cm³/mol. The molecule has 1 atom stereocenters. The van der Waals surface area contributed by atoms with Crippen molar-refractivity contribution < 1.29 is 19.1 Å². The highest BCUT2D eigenvalue weighted by Crippen LogP contribution is 2.21. The standard InChI is InChI=1S/C22H26O4/c1-3-5-11-17(4-2)16-25-22(24)19-14-9-10-15-20(19)26-21(23)18-12-7-6-8-13-18/h6-10,12-15,17H,3-5,11,16H2,1-2H3. The van der Waals surface area contributed by atoms with Crippen LogP contribution in [0.5, 0.6) is 5.75 Å². The van der Waals surface area contributed by atoms with Gasteiger partial charge in [-0.3, -0.25) is 0 Å². The Morgan fingerprint density at radius 1 is 0.923 bits per heavy atom. The van der Waals surface area contributed by atoms with Crippen LogP contribution in [0.3, 0.4) is 0 Å². The topological polar surface area (TPSA) is 52.6 Å². The fourth-order valence-electron chi connectivity index (χ4n) is 2.63. The predicted octanol–water partition coefficient (Wildman–Crippen LogP) is 5.28. The number of carbonyl (C=O) groups excluding carboxylic acids is 2. The molecule has 2 rings (SSSR count). The molecule has 0 spiro atoms. The highest BCUT2D eigenvalue weighted by atomic mass is 16.5. The van der Waals surface area contributed by atoms with Crippen molar-refractivity contribution >= 4 is 11.9 Å². The van der Waals surface area contributed by atoms with Gasteiger partial charge in [0.1, 0.15) is 11.3 Å². The molecule has 0 N–H and O–H groups in total. The molecule has 0 aliphatic rings. The Kier molecular flexibility index (Phi) is 7.87. The molecule has 4 nitrogen and oxygen atoms in total. The number of benzene rings is 2. The summed E-state index contributed by atoms with van der Waals surface area (Å²) in [5, 5.41) is 0. The lowest BCUT2D eigenvalue weighted by atomic mass is 10.0. The van der Waals surface area contributed by atoms with Crippen molar-refractivity contribution in [3.63, 3.8) is 0 Å². The fourth-order valence-corrected chi connectivity index (χ4v) is 2.63. The van der Waals surface area contributed by atoms with Crippen LogP contribution < -0.4 is 4.74 Å². The van der Waals surface area contributed by atoms with Crippen LogP contribution >= 0.6 is 0 Å². The molecule has 0 aliphatic heterocycles. The van der Waals surface area contributed by atoms with E-state index in [1.807, 2.05) is 6.07 Å². The van der Waals surface area contributed by atoms with Crippen LogP contribution in [0.25, 0.3) is 0 Å². The zero-order valence-electron chi connectivity index (χ0n) is 15.4. The van der Waals surface area contributed by atoms with Crippen LogP contribution in [0.15, 0.2) is 54.6 Å². The van der Waals surface area contributed by atoms with E-state index in [-0.39, 0.29) is 11.3 Å². The Labute approximate surface area is 155 Å². The summed E-state index contributed by atoms with van der Waals surface area (Å²) in [4.78, 5) is 24.7. The van der Waals surface area contributed by atoms with Crippen molar-refractivity contribution in [3.05, 3.63) is 65.7 Å². The van der Waals surface area contributed by atoms with Gasteiger partial charge >= 0.3 is 11.9 Å². The number of para-hydroxylation sites is 1. The number of ether oxygens (including phenoxy) is 2. The molecule has 0 radical (unpaired) electrons. The normalized spacial score (nSPS) is 11.6. The van der Waals surface area contributed by atoms with Crippen molar-refractivity contribution in [3.8, 4) is 5.75 Å². The molecule has 2 aromatic rings. The zero-order chi connectivity index (χ0) is 18.8. The van der Waals surface area contributed by atoms with Gasteiger partial charge < -0.3 is 9.47 Å². The van der Waals surface area contributed by atoms with Crippen LogP contribution in [0.1, 0.15) is 60.2 Å². The van der Waals surface area contributed by atoms with Crippen LogP contribution in [0.2, 0.25) is 0 Å². The van der Waals surface area contributed by atoms with E-state index in [1.165, 1.54) is 0 Å². The Hall–Kier alpha value is -2.62. The monoisotopic (exact) mass is 354 g/mol. The van der Waals surface area contributed by atoms with Crippen LogP contribution in [0.4, 0.5) is 0 Å². The SMILES string of the molecule is CCCCC(CC)COC(=O)c1ccccc1OC(=O)c1ccccc1. The second-order valence-corrected chi connectivity index (χ2v) is 6.27. The number of hydrogen-bond acceptors (Lipinski definition) is 4. The lowest BCUT2D eigenvalue weighted by Gasteiger charge is -2.15. The third kappa shape index (κ3) is 5.73. The zero-order valence-corrected chi connectivity index (χ0v) is 15.4. The maximum Gasteiger partial charge on any atom is 0.343 e. The van der Waals surface area contributed by atoms with Gasteiger partial charge in [-0.15, -0.1) is 0 Å². The average Bonchev–Trinajstić information content (AvgIpc) is 2.69. The van der Waals surface area contributed by atoms with Gasteiger partial charge in [0.2, 0.25) is 0 Å². The van der Waals surface area contributed by atoms with Crippen LogP contribution in [-0.2, 0) is 4.74 Å². The minimum atomic E-state index is -0.500. The molecule has 0 heterocycles. The van der Waals surface area contributed by atoms with E-state index in [4.69, 9.17) is 9.47 Å². The Bertz CT molecular complexity index is 709. The Balaban J connectivity index is 2.03. The molecule has 1 unspecified atom stereocenters. The molecular weight excluding hydrogens is 328 g/mol. The minimum absolute atomic E-state index is 0.216. The van der Waals surface area contributed by atoms with Gasteiger partial charge in [0.15, 0.2) is 0 Å². The van der Waals surface area contributed by atoms with Gasteiger partial charge in [0.25, 0.3) is 0 Å². The van der Waals surface area contributed by atoms with Gasteiger partial charge in [-0.1, -0.05) is 63.4 Å². The molecule has 0 bridgehead atoms. The van der Waals surface area contributed by atoms with Crippen molar-refractivity contribution in [2.24, 2.45) is 5.92 Å². The molecule has 0 aromatic heterocycles. The molecule has 0 amide bonds. The highest BCUT2D eigenvalue weighted by Gasteiger charge is 2.18. The minimum Gasteiger partial charge on any atom is -0.462 e. The maximum atomic E-state index is 12.5. The summed E-state index contributed by atoms with van der Waals surface area (Å²) < 4.78 is 10.9. The van der Waals surface area contributed by atoms with Crippen molar-refractivity contribution in [2.75, 3.05) is 6.61 Å². The van der Waals surface area contributed by atoms with E-state index >= 15 is 0 Å². The first-order valence-electron chi connectivity index (χ1n) is 9.19. The molecule has 138 valence electrons. The summed E-state index contributed by atoms with van der Waals surface area (Å²) in [5.74, 6) is -0.387. The summed E-state index contributed by atoms with van der Waals surface area (Å²) >= 11 is 0. The third-order valence-electron chi connectivity index (χ3n) is 4.31. The smallest absolute Gasteiger partial charge is 0.343 e. The van der Waals surface area contributed by atoms with Crippen molar-refractivity contribution in [1.29, 1.82) is 0 Å².